The van der Waals surface area contributed by atoms with Crippen molar-refractivity contribution in [3.8, 4) is 5.75 Å². The van der Waals surface area contributed by atoms with Crippen molar-refractivity contribution >= 4 is 29.2 Å². The zero-order valence-electron chi connectivity index (χ0n) is 16.0. The summed E-state index contributed by atoms with van der Waals surface area (Å²) in [6.07, 6.45) is -2.81. The summed E-state index contributed by atoms with van der Waals surface area (Å²) in [7, 11) is 0. The molecular weight excluding hydrogens is 430 g/mol. The minimum absolute atomic E-state index is 0.173. The van der Waals surface area contributed by atoms with Crippen molar-refractivity contribution in [2.75, 3.05) is 43.1 Å². The fourth-order valence-corrected chi connectivity index (χ4v) is 2.57. The van der Waals surface area contributed by atoms with Crippen LogP contribution in [0.3, 0.4) is 0 Å². The highest BCUT2D eigenvalue weighted by Gasteiger charge is 2.24. The largest absolute Gasteiger partial charge is 0.675 e. The highest BCUT2D eigenvalue weighted by Crippen LogP contribution is 2.32. The van der Waals surface area contributed by atoms with Crippen LogP contribution in [0.25, 0.3) is 5.73 Å². The molecule has 0 saturated carbocycles. The summed E-state index contributed by atoms with van der Waals surface area (Å²) in [5.41, 5.74) is 7.40. The van der Waals surface area contributed by atoms with Gasteiger partial charge < -0.3 is 36.1 Å². The van der Waals surface area contributed by atoms with Crippen molar-refractivity contribution in [1.82, 2.24) is 10.6 Å². The van der Waals surface area contributed by atoms with Crippen molar-refractivity contribution < 1.29 is 41.4 Å². The van der Waals surface area contributed by atoms with Gasteiger partial charge in [0, 0.05) is 18.3 Å². The van der Waals surface area contributed by atoms with Gasteiger partial charge in [0.25, 0.3) is 12.3 Å². The average molecular weight is 450 g/mol. The monoisotopic (exact) mass is 450 g/mol. The third-order valence-corrected chi connectivity index (χ3v) is 3.98. The fourth-order valence-electron chi connectivity index (χ4n) is 2.57. The van der Waals surface area contributed by atoms with Gasteiger partial charge in [0.1, 0.15) is 6.61 Å². The average Bonchev–Trinajstić information content (AvgIpc) is 2.71. The molecule has 0 aromatic heterocycles. The van der Waals surface area contributed by atoms with Crippen LogP contribution in [-0.2, 0) is 14.3 Å². The highest BCUT2D eigenvalue weighted by molar-refractivity contribution is 5.99. The van der Waals surface area contributed by atoms with E-state index in [-0.39, 0.29) is 37.0 Å². The Labute approximate surface area is 174 Å². The lowest BCUT2D eigenvalue weighted by atomic mass is 10.2. The van der Waals surface area contributed by atoms with E-state index in [1.165, 1.54) is 17.0 Å². The number of benzene rings is 1. The number of urea groups is 1. The summed E-state index contributed by atoms with van der Waals surface area (Å²) in [6, 6.07) is 1.17. The summed E-state index contributed by atoms with van der Waals surface area (Å²) < 4.78 is 59.4. The van der Waals surface area contributed by atoms with Gasteiger partial charge in [0.15, 0.2) is 5.75 Å². The van der Waals surface area contributed by atoms with E-state index in [1.54, 1.807) is 0 Å². The van der Waals surface area contributed by atoms with Crippen LogP contribution in [0.4, 0.5) is 33.7 Å². The number of halogens is 4. The Bertz CT molecular complexity index is 798. The number of nitrogens with one attached hydrogen (secondary N) is 4. The summed E-state index contributed by atoms with van der Waals surface area (Å²) in [6.45, 7) is -4.58. The van der Waals surface area contributed by atoms with Crippen LogP contribution in [0.2, 0.25) is 0 Å². The molecule has 1 heterocycles. The molecule has 0 radical (unpaired) electrons. The second-order valence-electron chi connectivity index (χ2n) is 6.15. The predicted molar refractivity (Wildman–Crippen MR) is 100 cm³/mol. The molecule has 0 unspecified atom stereocenters. The van der Waals surface area contributed by atoms with Crippen molar-refractivity contribution in [3.63, 3.8) is 0 Å². The molecular formula is C17H20F4N5O5-. The van der Waals surface area contributed by atoms with Crippen LogP contribution in [0.1, 0.15) is 0 Å². The van der Waals surface area contributed by atoms with Gasteiger partial charge in [0.2, 0.25) is 5.91 Å². The van der Waals surface area contributed by atoms with E-state index in [9.17, 15) is 31.9 Å². The smallest absolute Gasteiger partial charge is 0.387 e. The normalized spacial score (nSPS) is 15.1. The number of anilines is 2. The number of carbonyl (C=O) groups excluding carboxylic acids is 3. The Morgan fingerprint density at radius 1 is 1.26 bits per heavy atom. The molecule has 2 rings (SSSR count). The minimum atomic E-state index is -3.24. The van der Waals surface area contributed by atoms with E-state index in [1.807, 2.05) is 10.6 Å². The predicted octanol–water partition coefficient (Wildman–Crippen LogP) is 1.57. The second kappa shape index (κ2) is 11.3. The number of amides is 4. The third kappa shape index (κ3) is 7.25. The first kappa shape index (κ1) is 24.1. The molecule has 0 bridgehead atoms. The van der Waals surface area contributed by atoms with Gasteiger partial charge in [0.05, 0.1) is 24.9 Å². The Morgan fingerprint density at radius 2 is 2.00 bits per heavy atom. The summed E-state index contributed by atoms with van der Waals surface area (Å²) >= 11 is 0. The Balaban J connectivity index is 2.14. The van der Waals surface area contributed by atoms with Crippen LogP contribution in [0, 0.1) is 0 Å². The van der Waals surface area contributed by atoms with Gasteiger partial charge in [-0.05, 0) is 12.1 Å². The van der Waals surface area contributed by atoms with Gasteiger partial charge in [-0.25, -0.2) is 13.6 Å². The first-order valence-corrected chi connectivity index (χ1v) is 8.96. The Kier molecular flexibility index (Phi) is 8.81. The standard InChI is InChI=1S/C17H20F4N5O5/c18-13(19)7-23-17(29)25-11(6-22)15(28)24-10-2-1-9(5-12(10)31-16(20)21)26-3-4-30-8-14(26)27/h1-2,5,11,13,16,22H,3-4,6-8H2,(H,24,28)(H2,23,25,29)/q-1/t11-/m1/s1. The molecule has 1 fully saturated rings. The maximum atomic E-state index is 12.8. The summed E-state index contributed by atoms with van der Waals surface area (Å²) in [5.74, 6) is -1.80. The van der Waals surface area contributed by atoms with Gasteiger partial charge in [-0.3, -0.25) is 9.59 Å². The molecule has 4 amide bonds. The molecule has 1 aliphatic rings. The molecule has 31 heavy (non-hydrogen) atoms. The van der Waals surface area contributed by atoms with Gasteiger partial charge >= 0.3 is 12.6 Å². The SMILES string of the molecule is [NH-]C[C@@H](NC(=O)NCC(F)F)C(=O)Nc1ccc(N2CCOCC2=O)cc1OC(F)F. The molecule has 1 aliphatic heterocycles. The molecule has 1 saturated heterocycles. The van der Waals surface area contributed by atoms with E-state index in [4.69, 9.17) is 10.5 Å². The number of nitrogens with zero attached hydrogens (tertiary/aromatic N) is 1. The maximum absolute atomic E-state index is 12.8. The number of ether oxygens (including phenoxy) is 2. The van der Waals surface area contributed by atoms with Gasteiger partial charge in [-0.2, -0.15) is 8.78 Å². The fraction of sp³-hybridized carbons (Fsp3) is 0.471. The molecule has 1 aromatic carbocycles. The number of hydrogen-bond acceptors (Lipinski definition) is 5. The number of carbonyl (C=O) groups is 3. The van der Waals surface area contributed by atoms with Gasteiger partial charge in [-0.1, -0.05) is 0 Å². The number of rotatable bonds is 9. The molecule has 14 heteroatoms. The highest BCUT2D eigenvalue weighted by atomic mass is 19.3. The lowest BCUT2D eigenvalue weighted by Gasteiger charge is -2.27. The molecule has 0 aliphatic carbocycles. The summed E-state index contributed by atoms with van der Waals surface area (Å²) in [5, 5.41) is 6.09. The summed E-state index contributed by atoms with van der Waals surface area (Å²) in [4.78, 5) is 37.1. The van der Waals surface area contributed by atoms with E-state index in [0.717, 1.165) is 6.07 Å². The maximum Gasteiger partial charge on any atom is 0.387 e. The lowest BCUT2D eigenvalue weighted by Crippen LogP contribution is -2.50. The van der Waals surface area contributed by atoms with Crippen LogP contribution >= 0.6 is 0 Å². The Hall–Kier alpha value is -3.13. The van der Waals surface area contributed by atoms with E-state index in [0.29, 0.717) is 0 Å². The molecule has 1 aromatic rings. The van der Waals surface area contributed by atoms with Gasteiger partial charge in [-0.15, -0.1) is 6.54 Å². The molecule has 172 valence electrons. The molecule has 4 N–H and O–H groups in total. The zero-order chi connectivity index (χ0) is 23.0. The van der Waals surface area contributed by atoms with E-state index >= 15 is 0 Å². The van der Waals surface area contributed by atoms with Crippen molar-refractivity contribution in [2.45, 2.75) is 19.1 Å². The zero-order valence-corrected chi connectivity index (χ0v) is 16.0. The van der Waals surface area contributed by atoms with E-state index in [2.05, 4.69) is 10.1 Å². The molecule has 10 nitrogen and oxygen atoms in total. The van der Waals surface area contributed by atoms with Crippen LogP contribution in [-0.4, -0.2) is 69.8 Å². The first-order chi connectivity index (χ1) is 14.7. The van der Waals surface area contributed by atoms with Crippen LogP contribution < -0.4 is 25.6 Å². The van der Waals surface area contributed by atoms with Crippen LogP contribution in [0.15, 0.2) is 18.2 Å². The Morgan fingerprint density at radius 3 is 2.61 bits per heavy atom. The molecule has 1 atom stereocenters. The topological polar surface area (TPSA) is 133 Å². The number of alkyl halides is 4. The third-order valence-electron chi connectivity index (χ3n) is 3.98. The lowest BCUT2D eigenvalue weighted by molar-refractivity contribution is -0.125. The van der Waals surface area contributed by atoms with Crippen LogP contribution in [0.5, 0.6) is 5.75 Å². The van der Waals surface area contributed by atoms with Crippen molar-refractivity contribution in [3.05, 3.63) is 23.9 Å². The quantitative estimate of drug-likeness (QED) is 0.492. The van der Waals surface area contributed by atoms with Crippen molar-refractivity contribution in [1.29, 1.82) is 0 Å². The number of morpholine rings is 1. The van der Waals surface area contributed by atoms with E-state index < -0.39 is 49.9 Å². The second-order valence-corrected chi connectivity index (χ2v) is 6.15. The minimum Gasteiger partial charge on any atom is -0.675 e. The van der Waals surface area contributed by atoms with Crippen molar-refractivity contribution in [2.24, 2.45) is 0 Å². The molecule has 0 spiro atoms. The number of hydrogen-bond donors (Lipinski definition) is 3. The first-order valence-electron chi connectivity index (χ1n) is 8.96.